The zero-order valence-electron chi connectivity index (χ0n) is 32.8. The van der Waals surface area contributed by atoms with Crippen molar-refractivity contribution < 1.29 is 28.9 Å². The van der Waals surface area contributed by atoms with Gasteiger partial charge in [0.15, 0.2) is 17.5 Å². The average molecular weight is 758 g/mol. The Labute approximate surface area is 325 Å². The number of aryl methyl sites for hydroxylation is 4. The van der Waals surface area contributed by atoms with Gasteiger partial charge in [0.25, 0.3) is 0 Å². The second-order valence-corrected chi connectivity index (χ2v) is 14.6. The van der Waals surface area contributed by atoms with Gasteiger partial charge in [-0.25, -0.2) is 15.0 Å². The van der Waals surface area contributed by atoms with Crippen LogP contribution >= 0.6 is 11.6 Å². The minimum atomic E-state index is -1.16. The van der Waals surface area contributed by atoms with Crippen LogP contribution in [0.3, 0.4) is 0 Å². The van der Waals surface area contributed by atoms with E-state index in [4.69, 9.17) is 40.8 Å². The van der Waals surface area contributed by atoms with Crippen molar-refractivity contribution in [3.05, 3.63) is 76.9 Å². The zero-order valence-corrected chi connectivity index (χ0v) is 33.5. The molecule has 2 atom stereocenters. The summed E-state index contributed by atoms with van der Waals surface area (Å²) in [6.07, 6.45) is 11.5. The van der Waals surface area contributed by atoms with E-state index in [0.717, 1.165) is 46.2 Å². The molecule has 9 nitrogen and oxygen atoms in total. The maximum Gasteiger partial charge on any atom is 0.320 e. The number of unbranched alkanes of at least 4 members (excludes halogenated alkanes) is 9. The number of aromatic nitrogens is 3. The highest BCUT2D eigenvalue weighted by Crippen LogP contribution is 2.34. The van der Waals surface area contributed by atoms with Crippen LogP contribution in [0.4, 0.5) is 0 Å². The van der Waals surface area contributed by atoms with Crippen LogP contribution in [-0.4, -0.2) is 50.8 Å². The van der Waals surface area contributed by atoms with Crippen molar-refractivity contribution in [3.8, 4) is 45.7 Å². The van der Waals surface area contributed by atoms with Crippen molar-refractivity contribution in [2.24, 2.45) is 5.92 Å². The normalized spacial score (nSPS) is 12.4. The van der Waals surface area contributed by atoms with Crippen LogP contribution in [0.25, 0.3) is 34.2 Å². The number of halogens is 1. The molecule has 0 bridgehead atoms. The van der Waals surface area contributed by atoms with Crippen LogP contribution in [0, 0.1) is 33.6 Å². The van der Waals surface area contributed by atoms with E-state index in [-0.39, 0.29) is 30.4 Å². The van der Waals surface area contributed by atoms with Gasteiger partial charge in [-0.2, -0.15) is 0 Å². The Kier molecular flexibility index (Phi) is 16.9. The summed E-state index contributed by atoms with van der Waals surface area (Å²) < 4.78 is 17.4. The summed E-state index contributed by atoms with van der Waals surface area (Å²) in [7, 11) is 0. The highest BCUT2D eigenvalue weighted by atomic mass is 35.5. The van der Waals surface area contributed by atoms with Crippen molar-refractivity contribution in [1.29, 1.82) is 0 Å². The first-order chi connectivity index (χ1) is 26.0. The fourth-order valence-electron chi connectivity index (χ4n) is 6.23. The minimum Gasteiger partial charge on any atom is -0.507 e. The lowest BCUT2D eigenvalue weighted by molar-refractivity contribution is -0.170. The summed E-state index contributed by atoms with van der Waals surface area (Å²) in [5.74, 6) is -0.603. The number of ether oxygens (including phenoxy) is 3. The van der Waals surface area contributed by atoms with Crippen molar-refractivity contribution >= 4 is 22.8 Å². The molecular formula is C44H56ClN3O6. The van der Waals surface area contributed by atoms with E-state index in [0.29, 0.717) is 23.8 Å². The Hall–Kier alpha value is -4.34. The van der Waals surface area contributed by atoms with Crippen LogP contribution in [0.5, 0.6) is 11.5 Å². The predicted molar refractivity (Wildman–Crippen MR) is 215 cm³/mol. The molecule has 4 aromatic rings. The lowest BCUT2D eigenvalue weighted by Crippen LogP contribution is -2.30. The standard InChI is InChI=1S/C44H56ClN3O6/c1-7-8-9-10-11-12-13-14-15-16-24-52-25-23-39(54-44(51)33(6)40(45)50)53-34-19-22-37(38(49)28-34)43-47-41(35-20-17-29(2)26-31(35)4)46-42(48-43)36-21-18-30(3)27-32(36)5/h17-22,26-28,33,39,49H,7-16,23-25H2,1-6H3. The van der Waals surface area contributed by atoms with Gasteiger partial charge in [-0.15, -0.1) is 0 Å². The summed E-state index contributed by atoms with van der Waals surface area (Å²) in [6, 6.07) is 16.9. The van der Waals surface area contributed by atoms with Gasteiger partial charge in [-0.1, -0.05) is 112 Å². The molecule has 1 N–H and O–H groups in total. The lowest BCUT2D eigenvalue weighted by Gasteiger charge is -2.21. The average Bonchev–Trinajstić information content (AvgIpc) is 3.13. The highest BCUT2D eigenvalue weighted by molar-refractivity contribution is 6.65. The Morgan fingerprint density at radius 2 is 1.19 bits per heavy atom. The first-order valence-corrected chi connectivity index (χ1v) is 19.7. The van der Waals surface area contributed by atoms with Crippen molar-refractivity contribution in [2.45, 2.75) is 118 Å². The van der Waals surface area contributed by atoms with Crippen LogP contribution in [0.1, 0.15) is 107 Å². The van der Waals surface area contributed by atoms with E-state index < -0.39 is 23.4 Å². The second kappa shape index (κ2) is 21.5. The topological polar surface area (TPSA) is 121 Å². The second-order valence-electron chi connectivity index (χ2n) is 14.2. The first-order valence-electron chi connectivity index (χ1n) is 19.4. The van der Waals surface area contributed by atoms with E-state index in [2.05, 4.69) is 19.1 Å². The van der Waals surface area contributed by atoms with Gasteiger partial charge >= 0.3 is 5.97 Å². The number of carbonyl (C=O) groups excluding carboxylic acids is 2. The molecule has 2 unspecified atom stereocenters. The van der Waals surface area contributed by atoms with Crippen molar-refractivity contribution in [2.75, 3.05) is 13.2 Å². The molecule has 0 amide bonds. The lowest BCUT2D eigenvalue weighted by atomic mass is 10.0. The molecule has 10 heteroatoms. The number of hydrogen-bond acceptors (Lipinski definition) is 9. The maximum atomic E-state index is 12.7. The fraction of sp³-hybridized carbons (Fsp3) is 0.477. The number of phenols is 1. The Balaban J connectivity index is 1.47. The fourth-order valence-corrected chi connectivity index (χ4v) is 6.32. The third-order valence-electron chi connectivity index (χ3n) is 9.44. The molecule has 0 radical (unpaired) electrons. The number of nitrogens with zero attached hydrogens (tertiary/aromatic N) is 3. The molecule has 4 rings (SSSR count). The van der Waals surface area contributed by atoms with Crippen LogP contribution in [0.15, 0.2) is 54.6 Å². The number of aromatic hydroxyl groups is 1. The predicted octanol–water partition coefficient (Wildman–Crippen LogP) is 10.8. The molecule has 1 heterocycles. The van der Waals surface area contributed by atoms with Crippen LogP contribution < -0.4 is 4.74 Å². The molecule has 0 aliphatic carbocycles. The van der Waals surface area contributed by atoms with Crippen LogP contribution in [0.2, 0.25) is 0 Å². The molecule has 0 fully saturated rings. The number of hydrogen-bond donors (Lipinski definition) is 1. The Morgan fingerprint density at radius 1 is 0.685 bits per heavy atom. The SMILES string of the molecule is CCCCCCCCCCCCOCCC(OC(=O)C(C)C(=O)Cl)Oc1ccc(-c2nc(-c3ccc(C)cc3C)nc(-c3ccc(C)cc3C)n2)c(O)c1. The molecular weight excluding hydrogens is 702 g/mol. The maximum absolute atomic E-state index is 12.7. The summed E-state index contributed by atoms with van der Waals surface area (Å²) in [6.45, 7) is 12.6. The molecule has 290 valence electrons. The number of esters is 1. The van der Waals surface area contributed by atoms with Gasteiger partial charge in [0.2, 0.25) is 11.5 Å². The number of rotatable bonds is 22. The summed E-state index contributed by atoms with van der Waals surface area (Å²) in [5, 5.41) is 10.5. The summed E-state index contributed by atoms with van der Waals surface area (Å²) in [5.41, 5.74) is 6.38. The molecule has 0 spiro atoms. The minimum absolute atomic E-state index is 0.136. The van der Waals surface area contributed by atoms with E-state index >= 15 is 0 Å². The van der Waals surface area contributed by atoms with E-state index in [9.17, 15) is 14.7 Å². The van der Waals surface area contributed by atoms with Gasteiger partial charge in [0.1, 0.15) is 17.4 Å². The van der Waals surface area contributed by atoms with Crippen LogP contribution in [-0.2, 0) is 19.1 Å². The van der Waals surface area contributed by atoms with Gasteiger partial charge in [-0.3, -0.25) is 9.59 Å². The largest absolute Gasteiger partial charge is 0.507 e. The Bertz CT molecular complexity index is 1780. The summed E-state index contributed by atoms with van der Waals surface area (Å²) in [4.78, 5) is 38.9. The van der Waals surface area contributed by atoms with Gasteiger partial charge in [0.05, 0.1) is 12.2 Å². The highest BCUT2D eigenvalue weighted by Gasteiger charge is 2.26. The molecule has 0 aliphatic rings. The molecule has 0 aliphatic heterocycles. The van der Waals surface area contributed by atoms with Gasteiger partial charge in [-0.05, 0) is 75.9 Å². The number of phenolic OH excluding ortho intramolecular Hbond substituents is 1. The van der Waals surface area contributed by atoms with Crippen molar-refractivity contribution in [1.82, 2.24) is 15.0 Å². The third-order valence-corrected chi connectivity index (χ3v) is 9.77. The van der Waals surface area contributed by atoms with E-state index in [1.807, 2.05) is 52.0 Å². The Morgan fingerprint density at radius 3 is 1.69 bits per heavy atom. The van der Waals surface area contributed by atoms with E-state index in [1.165, 1.54) is 64.4 Å². The van der Waals surface area contributed by atoms with E-state index in [1.54, 1.807) is 12.1 Å². The molecule has 1 aromatic heterocycles. The van der Waals surface area contributed by atoms with Gasteiger partial charge < -0.3 is 19.3 Å². The quantitative estimate of drug-likeness (QED) is 0.0274. The number of carbonyl (C=O) groups is 2. The third kappa shape index (κ3) is 12.9. The summed E-state index contributed by atoms with van der Waals surface area (Å²) >= 11 is 5.58. The molecule has 54 heavy (non-hydrogen) atoms. The monoisotopic (exact) mass is 757 g/mol. The zero-order chi connectivity index (χ0) is 39.0. The first kappa shape index (κ1) is 42.4. The van der Waals surface area contributed by atoms with Crippen molar-refractivity contribution in [3.63, 3.8) is 0 Å². The smallest absolute Gasteiger partial charge is 0.320 e. The molecule has 3 aromatic carbocycles. The van der Waals surface area contributed by atoms with Gasteiger partial charge in [0, 0.05) is 30.2 Å². The molecule has 0 saturated heterocycles. The molecule has 0 saturated carbocycles. The number of benzene rings is 3.